The van der Waals surface area contributed by atoms with Gasteiger partial charge in [0, 0.05) is 17.1 Å². The molecular formula is C18H21F2N3OS2. The molecular weight excluding hydrogens is 376 g/mol. The smallest absolute Gasteiger partial charge is 0.387 e. The van der Waals surface area contributed by atoms with Crippen molar-refractivity contribution in [3.63, 3.8) is 0 Å². The number of likely N-dealkylation sites (tertiary alicyclic amines) is 1. The summed E-state index contributed by atoms with van der Waals surface area (Å²) in [5.74, 6) is 0.122. The second-order valence-electron chi connectivity index (χ2n) is 6.01. The van der Waals surface area contributed by atoms with Gasteiger partial charge in [0.25, 0.3) is 0 Å². The van der Waals surface area contributed by atoms with Crippen LogP contribution in [-0.2, 0) is 0 Å². The SMILES string of the molecule is FC(F)Oc1ccc(NC(=S)NC[C@H](c2cccs2)N2CCCC2)cc1. The Bertz CT molecular complexity index is 689. The van der Waals surface area contributed by atoms with Gasteiger partial charge in [0.2, 0.25) is 0 Å². The lowest BCUT2D eigenvalue weighted by Crippen LogP contribution is -2.38. The van der Waals surface area contributed by atoms with Gasteiger partial charge in [-0.2, -0.15) is 8.78 Å². The highest BCUT2D eigenvalue weighted by Crippen LogP contribution is 2.27. The first kappa shape index (κ1) is 19.0. The first-order valence-electron chi connectivity index (χ1n) is 8.49. The number of benzene rings is 1. The largest absolute Gasteiger partial charge is 0.435 e. The zero-order chi connectivity index (χ0) is 18.4. The number of hydrogen-bond donors (Lipinski definition) is 2. The zero-order valence-electron chi connectivity index (χ0n) is 14.2. The van der Waals surface area contributed by atoms with Crippen molar-refractivity contribution in [3.05, 3.63) is 46.7 Å². The zero-order valence-corrected chi connectivity index (χ0v) is 15.8. The average molecular weight is 398 g/mol. The molecule has 0 unspecified atom stereocenters. The number of ether oxygens (including phenoxy) is 1. The van der Waals surface area contributed by atoms with Crippen LogP contribution in [0.1, 0.15) is 23.8 Å². The summed E-state index contributed by atoms with van der Waals surface area (Å²) in [6.07, 6.45) is 2.47. The molecule has 0 aliphatic carbocycles. The fraction of sp³-hybridized carbons (Fsp3) is 0.389. The van der Waals surface area contributed by atoms with Gasteiger partial charge in [-0.1, -0.05) is 6.07 Å². The van der Waals surface area contributed by atoms with E-state index in [1.165, 1.54) is 29.9 Å². The Hall–Kier alpha value is -1.77. The van der Waals surface area contributed by atoms with Crippen LogP contribution in [-0.4, -0.2) is 36.3 Å². The van der Waals surface area contributed by atoms with E-state index < -0.39 is 6.61 Å². The molecule has 1 aromatic carbocycles. The van der Waals surface area contributed by atoms with Gasteiger partial charge < -0.3 is 15.4 Å². The Morgan fingerprint density at radius 2 is 1.92 bits per heavy atom. The van der Waals surface area contributed by atoms with Crippen LogP contribution in [0.3, 0.4) is 0 Å². The highest BCUT2D eigenvalue weighted by Gasteiger charge is 2.24. The number of anilines is 1. The lowest BCUT2D eigenvalue weighted by Gasteiger charge is -2.27. The van der Waals surface area contributed by atoms with Gasteiger partial charge in [-0.05, 0) is 73.9 Å². The molecule has 0 spiro atoms. The molecule has 1 aliphatic heterocycles. The molecule has 26 heavy (non-hydrogen) atoms. The van der Waals surface area contributed by atoms with Crippen molar-refractivity contribution in [1.82, 2.24) is 10.2 Å². The number of thiophene rings is 1. The fourth-order valence-electron chi connectivity index (χ4n) is 3.03. The molecule has 0 radical (unpaired) electrons. The molecule has 0 saturated carbocycles. The number of nitrogens with one attached hydrogen (secondary N) is 2. The van der Waals surface area contributed by atoms with Gasteiger partial charge >= 0.3 is 6.61 Å². The van der Waals surface area contributed by atoms with Gasteiger partial charge in [0.15, 0.2) is 5.11 Å². The number of alkyl halides is 2. The maximum absolute atomic E-state index is 12.2. The molecule has 1 fully saturated rings. The van der Waals surface area contributed by atoms with Crippen molar-refractivity contribution < 1.29 is 13.5 Å². The van der Waals surface area contributed by atoms with Gasteiger partial charge in [0.05, 0.1) is 6.04 Å². The van der Waals surface area contributed by atoms with Gasteiger partial charge in [-0.15, -0.1) is 11.3 Å². The summed E-state index contributed by atoms with van der Waals surface area (Å²) in [6, 6.07) is 10.8. The standard InChI is InChI=1S/C18H21F2N3OS2/c19-17(20)24-14-7-5-13(6-8-14)22-18(25)21-12-15(16-4-3-11-26-16)23-9-1-2-10-23/h3-8,11,15,17H,1-2,9-10,12H2,(H2,21,22,25)/t15-/m1/s1. The molecule has 1 aliphatic rings. The summed E-state index contributed by atoms with van der Waals surface area (Å²) in [5.41, 5.74) is 0.720. The molecule has 140 valence electrons. The Morgan fingerprint density at radius 1 is 1.19 bits per heavy atom. The first-order valence-corrected chi connectivity index (χ1v) is 9.78. The van der Waals surface area contributed by atoms with E-state index in [2.05, 4.69) is 37.8 Å². The van der Waals surface area contributed by atoms with E-state index in [0.717, 1.165) is 25.3 Å². The Morgan fingerprint density at radius 3 is 2.54 bits per heavy atom. The lowest BCUT2D eigenvalue weighted by atomic mass is 10.2. The highest BCUT2D eigenvalue weighted by atomic mass is 32.1. The summed E-state index contributed by atoms with van der Waals surface area (Å²) in [6.45, 7) is 0.113. The number of rotatable bonds is 7. The molecule has 0 bridgehead atoms. The van der Waals surface area contributed by atoms with Crippen LogP contribution in [0.2, 0.25) is 0 Å². The third-order valence-electron chi connectivity index (χ3n) is 4.25. The lowest BCUT2D eigenvalue weighted by molar-refractivity contribution is -0.0498. The van der Waals surface area contributed by atoms with E-state index in [-0.39, 0.29) is 5.75 Å². The van der Waals surface area contributed by atoms with Gasteiger partial charge in [-0.25, -0.2) is 0 Å². The van der Waals surface area contributed by atoms with Crippen LogP contribution in [0.5, 0.6) is 5.75 Å². The Labute approximate surface area is 161 Å². The van der Waals surface area contributed by atoms with Crippen LogP contribution < -0.4 is 15.4 Å². The molecule has 1 saturated heterocycles. The first-order chi connectivity index (χ1) is 12.6. The normalized spacial score (nSPS) is 15.8. The molecule has 2 aromatic rings. The van der Waals surface area contributed by atoms with Crippen LogP contribution >= 0.6 is 23.6 Å². The molecule has 2 heterocycles. The predicted molar refractivity (Wildman–Crippen MR) is 105 cm³/mol. The van der Waals surface area contributed by atoms with E-state index in [0.29, 0.717) is 11.2 Å². The molecule has 2 N–H and O–H groups in total. The Balaban J connectivity index is 1.53. The maximum atomic E-state index is 12.2. The van der Waals surface area contributed by atoms with Crippen LogP contribution in [0, 0.1) is 0 Å². The van der Waals surface area contributed by atoms with Crippen molar-refractivity contribution in [2.75, 3.05) is 25.0 Å². The van der Waals surface area contributed by atoms with Gasteiger partial charge in [-0.3, -0.25) is 4.90 Å². The van der Waals surface area contributed by atoms with Crippen molar-refractivity contribution in [1.29, 1.82) is 0 Å². The average Bonchev–Trinajstić information content (AvgIpc) is 3.30. The highest BCUT2D eigenvalue weighted by molar-refractivity contribution is 7.80. The topological polar surface area (TPSA) is 36.5 Å². The minimum absolute atomic E-state index is 0.122. The van der Waals surface area contributed by atoms with E-state index >= 15 is 0 Å². The molecule has 0 amide bonds. The second kappa shape index (κ2) is 9.25. The summed E-state index contributed by atoms with van der Waals surface area (Å²) in [7, 11) is 0. The fourth-order valence-corrected chi connectivity index (χ4v) is 4.09. The monoisotopic (exact) mass is 397 g/mol. The molecule has 1 aromatic heterocycles. The molecule has 4 nitrogen and oxygen atoms in total. The summed E-state index contributed by atoms with van der Waals surface area (Å²) < 4.78 is 28.7. The van der Waals surface area contributed by atoms with E-state index in [1.54, 1.807) is 23.5 Å². The number of hydrogen-bond acceptors (Lipinski definition) is 4. The van der Waals surface area contributed by atoms with Gasteiger partial charge in [0.1, 0.15) is 5.75 Å². The summed E-state index contributed by atoms with van der Waals surface area (Å²) in [4.78, 5) is 3.81. The number of halogens is 2. The van der Waals surface area contributed by atoms with E-state index in [4.69, 9.17) is 12.2 Å². The second-order valence-corrected chi connectivity index (χ2v) is 7.40. The molecule has 3 rings (SSSR count). The van der Waals surface area contributed by atoms with Crippen molar-refractivity contribution in [2.45, 2.75) is 25.5 Å². The minimum atomic E-state index is -2.82. The number of thiocarbonyl (C=S) groups is 1. The maximum Gasteiger partial charge on any atom is 0.387 e. The van der Waals surface area contributed by atoms with Crippen LogP contribution in [0.25, 0.3) is 0 Å². The molecule has 1 atom stereocenters. The Kier molecular flexibility index (Phi) is 6.76. The van der Waals surface area contributed by atoms with Crippen LogP contribution in [0.15, 0.2) is 41.8 Å². The predicted octanol–water partition coefficient (Wildman–Crippen LogP) is 4.47. The van der Waals surface area contributed by atoms with Crippen molar-refractivity contribution >= 4 is 34.4 Å². The summed E-state index contributed by atoms with van der Waals surface area (Å²) >= 11 is 7.13. The third kappa shape index (κ3) is 5.36. The van der Waals surface area contributed by atoms with E-state index in [9.17, 15) is 8.78 Å². The van der Waals surface area contributed by atoms with Crippen molar-refractivity contribution in [2.24, 2.45) is 0 Å². The third-order valence-corrected chi connectivity index (χ3v) is 5.47. The van der Waals surface area contributed by atoms with Crippen molar-refractivity contribution in [3.8, 4) is 5.75 Å². The molecule has 8 heteroatoms. The van der Waals surface area contributed by atoms with Crippen LogP contribution in [0.4, 0.5) is 14.5 Å². The quantitative estimate of drug-likeness (QED) is 0.674. The minimum Gasteiger partial charge on any atom is -0.435 e. The summed E-state index contributed by atoms with van der Waals surface area (Å²) in [5, 5.41) is 8.96. The number of nitrogens with zero attached hydrogens (tertiary/aromatic N) is 1. The van der Waals surface area contributed by atoms with E-state index in [1.807, 2.05) is 0 Å².